The number of piperidine rings is 1. The van der Waals surface area contributed by atoms with E-state index in [0.29, 0.717) is 29.8 Å². The van der Waals surface area contributed by atoms with Gasteiger partial charge in [0.1, 0.15) is 30.0 Å². The van der Waals surface area contributed by atoms with Crippen molar-refractivity contribution in [1.29, 1.82) is 0 Å². The third-order valence-electron chi connectivity index (χ3n) is 9.66. The average Bonchev–Trinajstić information content (AvgIpc) is 3.28. The maximum absolute atomic E-state index is 14.3. The quantitative estimate of drug-likeness (QED) is 0.260. The zero-order valence-electron chi connectivity index (χ0n) is 26.4. The Morgan fingerprint density at radius 1 is 1.23 bits per heavy atom. The van der Waals surface area contributed by atoms with Crippen molar-refractivity contribution in [1.82, 2.24) is 15.2 Å². The van der Waals surface area contributed by atoms with Gasteiger partial charge in [-0.1, -0.05) is 59.8 Å². The van der Waals surface area contributed by atoms with Crippen LogP contribution < -0.4 is 21.1 Å². The number of nitrogens with one attached hydrogen (secondary N) is 2. The number of hydrogen-bond donors (Lipinski definition) is 3. The molecule has 1 unspecified atom stereocenters. The van der Waals surface area contributed by atoms with E-state index in [1.165, 1.54) is 0 Å². The summed E-state index contributed by atoms with van der Waals surface area (Å²) in [6, 6.07) is 2.88. The Morgan fingerprint density at radius 2 is 1.95 bits per heavy atom. The van der Waals surface area contributed by atoms with E-state index in [-0.39, 0.29) is 41.7 Å². The number of ether oxygens (including phenoxy) is 1. The Hall–Kier alpha value is -4.07. The topological polar surface area (TPSA) is 157 Å². The number of aromatic nitrogens is 1. The van der Waals surface area contributed by atoms with Gasteiger partial charge in [-0.05, 0) is 54.1 Å². The molecular formula is C33H43N5O6. The van der Waals surface area contributed by atoms with Crippen molar-refractivity contribution < 1.29 is 28.3 Å². The molecule has 2 heterocycles. The third kappa shape index (κ3) is 6.12. The molecule has 0 spiro atoms. The fourth-order valence-corrected chi connectivity index (χ4v) is 6.72. The van der Waals surface area contributed by atoms with Gasteiger partial charge in [-0.15, -0.1) is 5.92 Å². The van der Waals surface area contributed by atoms with Gasteiger partial charge in [0.15, 0.2) is 5.58 Å². The Labute approximate surface area is 258 Å². The molecule has 3 aliphatic rings. The molecule has 1 aromatic heterocycles. The summed E-state index contributed by atoms with van der Waals surface area (Å²) in [4.78, 5) is 58.9. The number of rotatable bonds is 11. The number of nitrogens with two attached hydrogens (primary N) is 1. The minimum Gasteiger partial charge on any atom is -0.481 e. The predicted molar refractivity (Wildman–Crippen MR) is 164 cm³/mol. The molecule has 3 fully saturated rings. The van der Waals surface area contributed by atoms with Crippen LogP contribution >= 0.6 is 0 Å². The van der Waals surface area contributed by atoms with E-state index in [0.717, 1.165) is 19.3 Å². The molecule has 5 rings (SSSR count). The summed E-state index contributed by atoms with van der Waals surface area (Å²) >= 11 is 0. The molecule has 1 aliphatic heterocycles. The number of ketones is 1. The number of hydrogen-bond acceptors (Lipinski definition) is 8. The highest BCUT2D eigenvalue weighted by Crippen LogP contribution is 2.65. The van der Waals surface area contributed by atoms with Crippen molar-refractivity contribution in [2.24, 2.45) is 34.3 Å². The van der Waals surface area contributed by atoms with E-state index in [4.69, 9.17) is 14.9 Å². The van der Waals surface area contributed by atoms with E-state index in [1.807, 2.05) is 20.8 Å². The first-order chi connectivity index (χ1) is 20.7. The van der Waals surface area contributed by atoms with Crippen molar-refractivity contribution in [3.63, 3.8) is 0 Å². The van der Waals surface area contributed by atoms with Gasteiger partial charge in [0.2, 0.25) is 17.6 Å². The lowest BCUT2D eigenvalue weighted by Crippen LogP contribution is -2.58. The minimum atomic E-state index is -1.07. The van der Waals surface area contributed by atoms with Gasteiger partial charge < -0.3 is 30.4 Å². The number of carbonyl (C=O) groups is 4. The first kappa shape index (κ1) is 31.4. The van der Waals surface area contributed by atoms with Crippen molar-refractivity contribution in [3.8, 4) is 17.6 Å². The molecule has 2 saturated carbocycles. The van der Waals surface area contributed by atoms with Crippen LogP contribution in [0, 0.1) is 40.4 Å². The maximum atomic E-state index is 14.3. The van der Waals surface area contributed by atoms with Gasteiger partial charge in [0.05, 0.1) is 6.04 Å². The van der Waals surface area contributed by atoms with E-state index in [2.05, 4.69) is 41.3 Å². The summed E-state index contributed by atoms with van der Waals surface area (Å²) in [5.41, 5.74) is 5.71. The Bertz CT molecular complexity index is 1520. The smallest absolute Gasteiger partial charge is 0.296 e. The van der Waals surface area contributed by atoms with Crippen LogP contribution in [0.2, 0.25) is 0 Å². The van der Waals surface area contributed by atoms with E-state index < -0.39 is 41.1 Å². The average molecular weight is 606 g/mol. The molecule has 44 heavy (non-hydrogen) atoms. The van der Waals surface area contributed by atoms with Crippen molar-refractivity contribution in [2.75, 3.05) is 18.5 Å². The highest BCUT2D eigenvalue weighted by atomic mass is 16.5. The molecule has 3 amide bonds. The molecule has 4 N–H and O–H groups in total. The normalized spacial score (nSPS) is 23.4. The number of oxazole rings is 1. The highest BCUT2D eigenvalue weighted by Gasteiger charge is 2.70. The van der Waals surface area contributed by atoms with Crippen LogP contribution in [0.5, 0.6) is 5.75 Å². The minimum absolute atomic E-state index is 0.0692. The van der Waals surface area contributed by atoms with Crippen LogP contribution in [0.25, 0.3) is 11.1 Å². The fraction of sp³-hybridized carbons (Fsp3) is 0.606. The largest absolute Gasteiger partial charge is 0.481 e. The molecule has 0 radical (unpaired) electrons. The maximum Gasteiger partial charge on any atom is 0.296 e. The number of amides is 3. The van der Waals surface area contributed by atoms with Crippen LogP contribution in [0.15, 0.2) is 22.6 Å². The molecule has 5 atom stereocenters. The molecule has 0 bridgehead atoms. The zero-order chi connectivity index (χ0) is 32.0. The molecule has 2 aliphatic carbocycles. The standard InChI is InChI=1S/C33H43N5O6/c1-7-8-14-43-19-12-13-23-21(16-19)36-31(44-23)37-27(32(2,3)4)30(42)38-17-20-24(33(20,5)6)25(38)29(41)35-22(26(39)28(34)40)15-18-10-9-11-18/h12-13,16,18,20,22,24-25,27H,9-11,14-15,17H2,1-6H3,(H2,34,40)(H,35,41)(H,36,37)/t20-,22?,24-,25-,27+/m0/s1. The predicted octanol–water partition coefficient (Wildman–Crippen LogP) is 3.27. The third-order valence-corrected chi connectivity index (χ3v) is 9.66. The van der Waals surface area contributed by atoms with Crippen LogP contribution in [0.4, 0.5) is 6.01 Å². The Kier molecular flexibility index (Phi) is 8.40. The van der Waals surface area contributed by atoms with Crippen LogP contribution in [-0.4, -0.2) is 64.7 Å². The van der Waals surface area contributed by atoms with Gasteiger partial charge in [-0.3, -0.25) is 19.2 Å². The molecule has 236 valence electrons. The second-order valence-corrected chi connectivity index (χ2v) is 14.0. The second kappa shape index (κ2) is 11.8. The summed E-state index contributed by atoms with van der Waals surface area (Å²) < 4.78 is 11.6. The highest BCUT2D eigenvalue weighted by molar-refractivity contribution is 6.37. The lowest BCUT2D eigenvalue weighted by atomic mass is 9.80. The lowest BCUT2D eigenvalue weighted by Gasteiger charge is -2.38. The lowest BCUT2D eigenvalue weighted by molar-refractivity contribution is -0.144. The number of Topliss-reactive ketones (excluding diaryl/α,β-unsaturated/α-hetero) is 1. The molecular weight excluding hydrogens is 562 g/mol. The summed E-state index contributed by atoms with van der Waals surface area (Å²) in [6.45, 7) is 12.4. The Morgan fingerprint density at radius 3 is 2.57 bits per heavy atom. The van der Waals surface area contributed by atoms with Crippen LogP contribution in [0.1, 0.15) is 67.2 Å². The molecule has 2 aromatic rings. The van der Waals surface area contributed by atoms with Crippen LogP contribution in [0.3, 0.4) is 0 Å². The van der Waals surface area contributed by atoms with Gasteiger partial charge >= 0.3 is 0 Å². The van der Waals surface area contributed by atoms with Crippen molar-refractivity contribution in [2.45, 2.75) is 85.4 Å². The number of anilines is 1. The van der Waals surface area contributed by atoms with Gasteiger partial charge in [0, 0.05) is 12.6 Å². The summed E-state index contributed by atoms with van der Waals surface area (Å²) in [5, 5.41) is 6.04. The van der Waals surface area contributed by atoms with Crippen molar-refractivity contribution in [3.05, 3.63) is 18.2 Å². The Balaban J connectivity index is 1.37. The number of carbonyl (C=O) groups excluding carboxylic acids is 4. The van der Waals surface area contributed by atoms with Crippen LogP contribution in [-0.2, 0) is 19.2 Å². The van der Waals surface area contributed by atoms with Gasteiger partial charge in [-0.2, -0.15) is 4.98 Å². The monoisotopic (exact) mass is 605 g/mol. The summed E-state index contributed by atoms with van der Waals surface area (Å²) in [6.07, 6.45) is 3.32. The van der Waals surface area contributed by atoms with E-state index >= 15 is 0 Å². The number of nitrogens with zero attached hydrogens (tertiary/aromatic N) is 2. The molecule has 11 heteroatoms. The van der Waals surface area contributed by atoms with E-state index in [1.54, 1.807) is 30.0 Å². The second-order valence-electron chi connectivity index (χ2n) is 14.0. The number of primary amides is 1. The SMILES string of the molecule is CC#CCOc1ccc2oc(N[C@H](C(=O)N3C[C@H]4[C@@H]([C@H]3C(=O)NC(CC3CCC3)C(=O)C(N)=O)C4(C)C)C(C)(C)C)nc2c1. The molecule has 1 aromatic carbocycles. The zero-order valence-corrected chi connectivity index (χ0v) is 26.4. The number of benzene rings is 1. The van der Waals surface area contributed by atoms with Crippen molar-refractivity contribution >= 4 is 40.6 Å². The molecule has 1 saturated heterocycles. The summed E-state index contributed by atoms with van der Waals surface area (Å²) in [7, 11) is 0. The fourth-order valence-electron chi connectivity index (χ4n) is 6.72. The van der Waals surface area contributed by atoms with Gasteiger partial charge in [0.25, 0.3) is 11.9 Å². The van der Waals surface area contributed by atoms with Gasteiger partial charge in [-0.25, -0.2) is 0 Å². The number of likely N-dealkylation sites (tertiary alicyclic amines) is 1. The first-order valence-electron chi connectivity index (χ1n) is 15.4. The number of fused-ring (bicyclic) bond motifs is 2. The first-order valence-corrected chi connectivity index (χ1v) is 15.4. The summed E-state index contributed by atoms with van der Waals surface area (Å²) in [5.74, 6) is 4.01. The molecule has 11 nitrogen and oxygen atoms in total. The van der Waals surface area contributed by atoms with E-state index in [9.17, 15) is 19.2 Å².